The highest BCUT2D eigenvalue weighted by atomic mass is 35.5. The fourth-order valence-electron chi connectivity index (χ4n) is 2.37. The predicted octanol–water partition coefficient (Wildman–Crippen LogP) is 3.72. The van der Waals surface area contributed by atoms with Gasteiger partial charge in [0.05, 0.1) is 18.4 Å². The van der Waals surface area contributed by atoms with E-state index in [4.69, 9.17) is 21.1 Å². The van der Waals surface area contributed by atoms with Crippen molar-refractivity contribution in [3.63, 3.8) is 0 Å². The lowest BCUT2D eigenvalue weighted by Crippen LogP contribution is -2.40. The summed E-state index contributed by atoms with van der Waals surface area (Å²) in [5, 5.41) is 4.22. The van der Waals surface area contributed by atoms with Crippen LogP contribution in [0.15, 0.2) is 18.2 Å². The van der Waals surface area contributed by atoms with E-state index >= 15 is 0 Å². The number of ether oxygens (including phenoxy) is 2. The van der Waals surface area contributed by atoms with Gasteiger partial charge in [0.15, 0.2) is 0 Å². The molecule has 4 heteroatoms. The Morgan fingerprint density at radius 1 is 1.44 bits per heavy atom. The highest BCUT2D eigenvalue weighted by Crippen LogP contribution is 2.32. The van der Waals surface area contributed by atoms with E-state index in [1.54, 1.807) is 7.11 Å². The molecule has 1 atom stereocenters. The summed E-state index contributed by atoms with van der Waals surface area (Å²) >= 11 is 6.03. The van der Waals surface area contributed by atoms with Crippen LogP contribution in [0.2, 0.25) is 5.02 Å². The van der Waals surface area contributed by atoms with Gasteiger partial charge in [0.25, 0.3) is 0 Å². The number of hydrogen-bond donors (Lipinski definition) is 1. The van der Waals surface area contributed by atoms with Crippen LogP contribution in [-0.4, -0.2) is 25.4 Å². The minimum Gasteiger partial charge on any atom is -0.495 e. The van der Waals surface area contributed by atoms with E-state index in [0.29, 0.717) is 11.1 Å². The zero-order valence-corrected chi connectivity index (χ0v) is 11.9. The molecule has 0 aromatic heterocycles. The molecule has 0 aliphatic carbocycles. The van der Waals surface area contributed by atoms with E-state index in [2.05, 4.69) is 19.2 Å². The third-order valence-corrected chi connectivity index (χ3v) is 3.45. The van der Waals surface area contributed by atoms with Gasteiger partial charge in [-0.05, 0) is 44.9 Å². The standard InChI is InChI=1S/C14H20ClNO2/c1-14(2)9-11(6-7-18-14)16-12-8-10(15)4-5-13(12)17-3/h4-5,8,11,16H,6-7,9H2,1-3H3. The first-order valence-electron chi connectivity index (χ1n) is 6.24. The van der Waals surface area contributed by atoms with E-state index in [9.17, 15) is 0 Å². The van der Waals surface area contributed by atoms with Crippen molar-refractivity contribution in [3.05, 3.63) is 23.2 Å². The second kappa shape index (κ2) is 5.37. The van der Waals surface area contributed by atoms with Crippen molar-refractivity contribution in [3.8, 4) is 5.75 Å². The van der Waals surface area contributed by atoms with Gasteiger partial charge in [0.1, 0.15) is 5.75 Å². The molecule has 1 aromatic carbocycles. The number of halogens is 1. The Hall–Kier alpha value is -0.930. The molecule has 1 unspecified atom stereocenters. The molecule has 100 valence electrons. The van der Waals surface area contributed by atoms with Crippen LogP contribution >= 0.6 is 11.6 Å². The number of nitrogens with one attached hydrogen (secondary N) is 1. The molecule has 1 fully saturated rings. The van der Waals surface area contributed by atoms with Crippen LogP contribution in [0.1, 0.15) is 26.7 Å². The predicted molar refractivity (Wildman–Crippen MR) is 74.7 cm³/mol. The van der Waals surface area contributed by atoms with Crippen LogP contribution in [0.5, 0.6) is 5.75 Å². The second-order valence-electron chi connectivity index (χ2n) is 5.29. The molecule has 0 radical (unpaired) electrons. The number of methoxy groups -OCH3 is 1. The Balaban J connectivity index is 2.11. The van der Waals surface area contributed by atoms with Crippen molar-refractivity contribution in [2.24, 2.45) is 0 Å². The average molecular weight is 270 g/mol. The highest BCUT2D eigenvalue weighted by molar-refractivity contribution is 6.30. The summed E-state index contributed by atoms with van der Waals surface area (Å²) in [5.74, 6) is 0.823. The van der Waals surface area contributed by atoms with E-state index in [0.717, 1.165) is 30.9 Å². The lowest BCUT2D eigenvalue weighted by atomic mass is 9.94. The molecule has 0 spiro atoms. The average Bonchev–Trinajstić information content (AvgIpc) is 2.28. The highest BCUT2D eigenvalue weighted by Gasteiger charge is 2.29. The molecule has 1 saturated heterocycles. The zero-order valence-electron chi connectivity index (χ0n) is 11.1. The van der Waals surface area contributed by atoms with Gasteiger partial charge in [0.2, 0.25) is 0 Å². The molecule has 1 aromatic rings. The van der Waals surface area contributed by atoms with E-state index < -0.39 is 0 Å². The maximum Gasteiger partial charge on any atom is 0.142 e. The Kier molecular flexibility index (Phi) is 4.03. The lowest BCUT2D eigenvalue weighted by molar-refractivity contribution is -0.0553. The van der Waals surface area contributed by atoms with E-state index in [1.807, 2.05) is 18.2 Å². The van der Waals surface area contributed by atoms with E-state index in [1.165, 1.54) is 0 Å². The van der Waals surface area contributed by atoms with Gasteiger partial charge < -0.3 is 14.8 Å². The summed E-state index contributed by atoms with van der Waals surface area (Å²) in [4.78, 5) is 0. The molecule has 0 saturated carbocycles. The summed E-state index contributed by atoms with van der Waals surface area (Å²) in [5.41, 5.74) is 0.884. The van der Waals surface area contributed by atoms with Gasteiger partial charge in [-0.3, -0.25) is 0 Å². The Morgan fingerprint density at radius 2 is 2.22 bits per heavy atom. The minimum atomic E-state index is -0.0677. The zero-order chi connectivity index (χ0) is 13.2. The maximum atomic E-state index is 6.03. The van der Waals surface area contributed by atoms with Crippen LogP contribution in [-0.2, 0) is 4.74 Å². The van der Waals surface area contributed by atoms with Crippen molar-refractivity contribution >= 4 is 17.3 Å². The fourth-order valence-corrected chi connectivity index (χ4v) is 2.54. The summed E-state index contributed by atoms with van der Waals surface area (Å²) < 4.78 is 11.1. The molecule has 1 aliphatic rings. The quantitative estimate of drug-likeness (QED) is 0.907. The topological polar surface area (TPSA) is 30.5 Å². The molecule has 2 rings (SSSR count). The van der Waals surface area contributed by atoms with Gasteiger partial charge in [0, 0.05) is 17.7 Å². The molecule has 0 bridgehead atoms. The van der Waals surface area contributed by atoms with Gasteiger partial charge >= 0.3 is 0 Å². The van der Waals surface area contributed by atoms with Crippen molar-refractivity contribution < 1.29 is 9.47 Å². The van der Waals surface area contributed by atoms with Gasteiger partial charge in [-0.15, -0.1) is 0 Å². The molecular formula is C14H20ClNO2. The van der Waals surface area contributed by atoms with Gasteiger partial charge in [-0.2, -0.15) is 0 Å². The molecule has 0 amide bonds. The minimum absolute atomic E-state index is 0.0677. The van der Waals surface area contributed by atoms with Crippen LogP contribution in [0.3, 0.4) is 0 Å². The van der Waals surface area contributed by atoms with Crippen molar-refractivity contribution in [2.75, 3.05) is 19.0 Å². The van der Waals surface area contributed by atoms with Crippen molar-refractivity contribution in [1.82, 2.24) is 0 Å². The van der Waals surface area contributed by atoms with Gasteiger partial charge in [-0.25, -0.2) is 0 Å². The van der Waals surface area contributed by atoms with Crippen LogP contribution in [0.4, 0.5) is 5.69 Å². The smallest absolute Gasteiger partial charge is 0.142 e. The molecule has 1 heterocycles. The molecular weight excluding hydrogens is 250 g/mol. The Labute approximate surface area is 113 Å². The van der Waals surface area contributed by atoms with Crippen LogP contribution in [0.25, 0.3) is 0 Å². The van der Waals surface area contributed by atoms with E-state index in [-0.39, 0.29) is 5.60 Å². The fraction of sp³-hybridized carbons (Fsp3) is 0.571. The summed E-state index contributed by atoms with van der Waals surface area (Å²) in [6.07, 6.45) is 1.97. The van der Waals surface area contributed by atoms with Crippen molar-refractivity contribution in [1.29, 1.82) is 0 Å². The van der Waals surface area contributed by atoms with Crippen LogP contribution < -0.4 is 10.1 Å². The monoisotopic (exact) mass is 269 g/mol. The summed E-state index contributed by atoms with van der Waals surface area (Å²) in [6.45, 7) is 5.03. The first kappa shape index (κ1) is 13.5. The van der Waals surface area contributed by atoms with Gasteiger partial charge in [-0.1, -0.05) is 11.6 Å². The first-order valence-corrected chi connectivity index (χ1v) is 6.62. The summed E-state index contributed by atoms with van der Waals surface area (Å²) in [7, 11) is 1.67. The largest absolute Gasteiger partial charge is 0.495 e. The number of hydrogen-bond acceptors (Lipinski definition) is 3. The lowest BCUT2D eigenvalue weighted by Gasteiger charge is -2.36. The maximum absolute atomic E-state index is 6.03. The molecule has 1 aliphatic heterocycles. The Morgan fingerprint density at radius 3 is 2.89 bits per heavy atom. The SMILES string of the molecule is COc1ccc(Cl)cc1NC1CCOC(C)(C)C1. The second-order valence-corrected chi connectivity index (χ2v) is 5.72. The molecule has 3 nitrogen and oxygen atoms in total. The normalized spacial score (nSPS) is 22.6. The molecule has 1 N–H and O–H groups in total. The molecule has 18 heavy (non-hydrogen) atoms. The third-order valence-electron chi connectivity index (χ3n) is 3.22. The number of benzene rings is 1. The summed E-state index contributed by atoms with van der Waals surface area (Å²) in [6, 6.07) is 6.01. The number of anilines is 1. The Bertz CT molecular complexity index is 420. The number of rotatable bonds is 3. The van der Waals surface area contributed by atoms with Crippen LogP contribution in [0, 0.1) is 0 Å². The van der Waals surface area contributed by atoms with Crippen molar-refractivity contribution in [2.45, 2.75) is 38.3 Å². The first-order chi connectivity index (χ1) is 8.50. The third kappa shape index (κ3) is 3.30.